The molecule has 2 aromatic rings. The highest BCUT2D eigenvalue weighted by Crippen LogP contribution is 2.31. The number of carbonyl (C=O) groups is 1. The van der Waals surface area contributed by atoms with Crippen LogP contribution in [0.3, 0.4) is 0 Å². The Morgan fingerprint density at radius 2 is 2.15 bits per heavy atom. The van der Waals surface area contributed by atoms with E-state index in [0.29, 0.717) is 4.88 Å². The minimum atomic E-state index is -0.255. The van der Waals surface area contributed by atoms with E-state index in [-0.39, 0.29) is 11.4 Å². The van der Waals surface area contributed by atoms with Crippen LogP contribution in [-0.2, 0) is 16.6 Å². The lowest BCUT2D eigenvalue weighted by Crippen LogP contribution is -2.21. The zero-order valence-corrected chi connectivity index (χ0v) is 13.1. The number of ether oxygens (including phenoxy) is 1. The van der Waals surface area contributed by atoms with Gasteiger partial charge in [0.1, 0.15) is 4.88 Å². The second-order valence-electron chi connectivity index (χ2n) is 5.49. The fraction of sp³-hybridized carbons (Fsp3) is 0.375. The van der Waals surface area contributed by atoms with Crippen LogP contribution in [0.5, 0.6) is 0 Å². The number of nitrogens with zero attached hydrogens (tertiary/aromatic N) is 1. The van der Waals surface area contributed by atoms with Crippen LogP contribution >= 0.6 is 11.3 Å². The highest BCUT2D eigenvalue weighted by Gasteiger charge is 2.24. The molecule has 0 aromatic carbocycles. The third-order valence-electron chi connectivity index (χ3n) is 3.31. The highest BCUT2D eigenvalue weighted by molar-refractivity contribution is 7.14. The predicted molar refractivity (Wildman–Crippen MR) is 81.4 cm³/mol. The zero-order valence-electron chi connectivity index (χ0n) is 12.3. The molecule has 0 saturated carbocycles. The summed E-state index contributed by atoms with van der Waals surface area (Å²) < 4.78 is 4.80. The third-order valence-corrected chi connectivity index (χ3v) is 4.53. The van der Waals surface area contributed by atoms with E-state index < -0.39 is 0 Å². The smallest absolute Gasteiger partial charge is 0.348 e. The Bertz CT molecular complexity index is 602. The van der Waals surface area contributed by atoms with Gasteiger partial charge < -0.3 is 4.74 Å². The number of methoxy groups -OCH3 is 1. The first-order valence-corrected chi connectivity index (χ1v) is 7.35. The van der Waals surface area contributed by atoms with Crippen LogP contribution < -0.4 is 0 Å². The van der Waals surface area contributed by atoms with Gasteiger partial charge in [-0.2, -0.15) is 0 Å². The van der Waals surface area contributed by atoms with Gasteiger partial charge in [-0.25, -0.2) is 4.79 Å². The van der Waals surface area contributed by atoms with E-state index in [1.54, 1.807) is 0 Å². The van der Waals surface area contributed by atoms with Gasteiger partial charge in [0.15, 0.2) is 0 Å². The van der Waals surface area contributed by atoms with Gasteiger partial charge in [0.05, 0.1) is 7.11 Å². The molecule has 0 aliphatic rings. The number of hydrogen-bond acceptors (Lipinski definition) is 4. The first-order chi connectivity index (χ1) is 9.44. The van der Waals surface area contributed by atoms with Gasteiger partial charge in [-0.05, 0) is 37.1 Å². The maximum Gasteiger partial charge on any atom is 0.348 e. The van der Waals surface area contributed by atoms with Crippen molar-refractivity contribution in [3.8, 4) is 0 Å². The molecular formula is C16H19NO2S. The Hall–Kier alpha value is -1.68. The molecule has 0 spiro atoms. The quantitative estimate of drug-likeness (QED) is 0.805. The Labute approximate surface area is 123 Å². The molecule has 0 amide bonds. The minimum Gasteiger partial charge on any atom is -0.465 e. The molecule has 3 nitrogen and oxygen atoms in total. The van der Waals surface area contributed by atoms with E-state index in [4.69, 9.17) is 4.74 Å². The van der Waals surface area contributed by atoms with E-state index in [9.17, 15) is 4.79 Å². The van der Waals surface area contributed by atoms with Gasteiger partial charge in [-0.15, -0.1) is 11.3 Å². The Morgan fingerprint density at radius 1 is 1.40 bits per heavy atom. The van der Waals surface area contributed by atoms with Crippen molar-refractivity contribution in [3.05, 3.63) is 51.5 Å². The third kappa shape index (κ3) is 3.07. The van der Waals surface area contributed by atoms with E-state index >= 15 is 0 Å². The number of rotatable bonds is 4. The largest absolute Gasteiger partial charge is 0.465 e. The first kappa shape index (κ1) is 14.7. The number of pyridine rings is 1. The van der Waals surface area contributed by atoms with Crippen molar-refractivity contribution in [2.24, 2.45) is 0 Å². The number of thiophene rings is 1. The molecule has 0 radical (unpaired) electrons. The molecule has 0 aliphatic heterocycles. The summed E-state index contributed by atoms with van der Waals surface area (Å²) in [6, 6.07) is 8.04. The van der Waals surface area contributed by atoms with Crippen molar-refractivity contribution in [3.63, 3.8) is 0 Å². The molecule has 2 heterocycles. The van der Waals surface area contributed by atoms with Gasteiger partial charge >= 0.3 is 5.97 Å². The predicted octanol–water partition coefficient (Wildman–Crippen LogP) is 3.76. The monoisotopic (exact) mass is 289 g/mol. The van der Waals surface area contributed by atoms with Gasteiger partial charge in [-0.1, -0.05) is 19.9 Å². The van der Waals surface area contributed by atoms with Crippen LogP contribution in [0.1, 0.15) is 39.7 Å². The molecule has 2 aromatic heterocycles. The number of carbonyl (C=O) groups excluding carboxylic acids is 1. The van der Waals surface area contributed by atoms with Crippen LogP contribution in [0.2, 0.25) is 0 Å². The Kier molecular flexibility index (Phi) is 4.23. The average Bonchev–Trinajstić information content (AvgIpc) is 2.79. The summed E-state index contributed by atoms with van der Waals surface area (Å²) in [5, 5.41) is 0. The van der Waals surface area contributed by atoms with Crippen molar-refractivity contribution in [1.82, 2.24) is 4.98 Å². The Balaban J connectivity index is 2.24. The molecule has 0 N–H and O–H groups in total. The van der Waals surface area contributed by atoms with E-state index in [0.717, 1.165) is 17.7 Å². The van der Waals surface area contributed by atoms with E-state index in [1.807, 2.05) is 31.3 Å². The summed E-state index contributed by atoms with van der Waals surface area (Å²) >= 11 is 1.51. The maximum atomic E-state index is 11.7. The molecule has 0 bridgehead atoms. The summed E-state index contributed by atoms with van der Waals surface area (Å²) in [6.45, 7) is 6.28. The molecule has 2 rings (SSSR count). The molecule has 4 heteroatoms. The van der Waals surface area contributed by atoms with Gasteiger partial charge in [0.2, 0.25) is 0 Å². The molecule has 0 aliphatic carbocycles. The summed E-state index contributed by atoms with van der Waals surface area (Å²) in [6.07, 6.45) is 2.67. The summed E-state index contributed by atoms with van der Waals surface area (Å²) in [4.78, 5) is 18.0. The second-order valence-corrected chi connectivity index (χ2v) is 6.63. The molecule has 20 heavy (non-hydrogen) atoms. The second kappa shape index (κ2) is 5.75. The van der Waals surface area contributed by atoms with Crippen molar-refractivity contribution in [2.45, 2.75) is 32.6 Å². The molecule has 0 unspecified atom stereocenters. The van der Waals surface area contributed by atoms with Gasteiger partial charge in [0.25, 0.3) is 0 Å². The fourth-order valence-corrected chi connectivity index (χ4v) is 3.54. The lowest BCUT2D eigenvalue weighted by Gasteiger charge is -2.23. The van der Waals surface area contributed by atoms with Crippen LogP contribution in [0.15, 0.2) is 30.5 Å². The number of aryl methyl sites for hydroxylation is 1. The number of aromatic nitrogens is 1. The van der Waals surface area contributed by atoms with Crippen molar-refractivity contribution in [2.75, 3.05) is 7.11 Å². The SMILES string of the molecule is COC(=O)c1sc(CC(C)(C)c2ccccn2)cc1C. The molecule has 0 atom stereocenters. The number of hydrogen-bond donors (Lipinski definition) is 0. The van der Waals surface area contributed by atoms with Crippen LogP contribution in [0.4, 0.5) is 0 Å². The average molecular weight is 289 g/mol. The van der Waals surface area contributed by atoms with Crippen molar-refractivity contribution >= 4 is 17.3 Å². The molecule has 0 saturated heterocycles. The van der Waals surface area contributed by atoms with Crippen molar-refractivity contribution < 1.29 is 9.53 Å². The normalized spacial score (nSPS) is 11.4. The maximum absolute atomic E-state index is 11.7. The zero-order chi connectivity index (χ0) is 14.8. The van der Waals surface area contributed by atoms with Crippen molar-refractivity contribution in [1.29, 1.82) is 0 Å². The van der Waals surface area contributed by atoms with Crippen LogP contribution in [0, 0.1) is 6.92 Å². The molecule has 106 valence electrons. The minimum absolute atomic E-state index is 0.0635. The van der Waals surface area contributed by atoms with Gasteiger partial charge in [-0.3, -0.25) is 4.98 Å². The lowest BCUT2D eigenvalue weighted by molar-refractivity contribution is 0.0605. The molecule has 0 fully saturated rings. The number of esters is 1. The van der Waals surface area contributed by atoms with Gasteiger partial charge in [0, 0.05) is 22.2 Å². The summed E-state index contributed by atoms with van der Waals surface area (Å²) in [5.41, 5.74) is 1.98. The lowest BCUT2D eigenvalue weighted by atomic mass is 9.84. The molecular weight excluding hydrogens is 270 g/mol. The topological polar surface area (TPSA) is 39.2 Å². The van der Waals surface area contributed by atoms with Crippen LogP contribution in [0.25, 0.3) is 0 Å². The fourth-order valence-electron chi connectivity index (χ4n) is 2.22. The highest BCUT2D eigenvalue weighted by atomic mass is 32.1. The standard InChI is InChI=1S/C16H19NO2S/c1-11-9-12(20-14(11)15(18)19-4)10-16(2,3)13-7-5-6-8-17-13/h5-9H,10H2,1-4H3. The first-order valence-electron chi connectivity index (χ1n) is 6.53. The van der Waals surface area contributed by atoms with Crippen LogP contribution in [-0.4, -0.2) is 18.1 Å². The van der Waals surface area contributed by atoms with E-state index in [2.05, 4.69) is 24.9 Å². The Morgan fingerprint density at radius 3 is 2.75 bits per heavy atom. The summed E-state index contributed by atoms with van der Waals surface area (Å²) in [5.74, 6) is -0.255. The van der Waals surface area contributed by atoms with E-state index in [1.165, 1.54) is 23.3 Å². The summed E-state index contributed by atoms with van der Waals surface area (Å²) in [7, 11) is 1.42.